The Labute approximate surface area is 138 Å². The molecule has 0 radical (unpaired) electrons. The summed E-state index contributed by atoms with van der Waals surface area (Å²) in [6.07, 6.45) is 0.935. The van der Waals surface area contributed by atoms with Gasteiger partial charge in [0.15, 0.2) is 0 Å². The third-order valence-corrected chi connectivity index (χ3v) is 2.98. The molecule has 1 N–H and O–H groups in total. The van der Waals surface area contributed by atoms with E-state index in [1.54, 1.807) is 32.0 Å². The van der Waals surface area contributed by atoms with Crippen LogP contribution in [0.5, 0.6) is 17.4 Å². The number of hydrogen-bond acceptors (Lipinski definition) is 8. The van der Waals surface area contributed by atoms with E-state index in [4.69, 9.17) is 14.2 Å². The van der Waals surface area contributed by atoms with Crippen molar-refractivity contribution in [2.24, 2.45) is 0 Å². The molecule has 1 aromatic heterocycles. The maximum absolute atomic E-state index is 11.4. The van der Waals surface area contributed by atoms with Crippen LogP contribution in [0, 0.1) is 10.1 Å². The highest BCUT2D eigenvalue weighted by molar-refractivity contribution is 5.72. The van der Waals surface area contributed by atoms with Gasteiger partial charge in [0.1, 0.15) is 17.8 Å². The Morgan fingerprint density at radius 1 is 1.21 bits per heavy atom. The molecular formula is C15H18N4O5. The van der Waals surface area contributed by atoms with Crippen molar-refractivity contribution in [1.82, 2.24) is 9.97 Å². The number of aromatic nitrogens is 2. The largest absolute Gasteiger partial charge is 0.497 e. The smallest absolute Gasteiger partial charge is 0.373 e. The Bertz CT molecular complexity index is 736. The molecule has 9 nitrogen and oxygen atoms in total. The summed E-state index contributed by atoms with van der Waals surface area (Å²) >= 11 is 0. The van der Waals surface area contributed by atoms with Crippen molar-refractivity contribution >= 4 is 17.2 Å². The van der Waals surface area contributed by atoms with Crippen molar-refractivity contribution in [2.75, 3.05) is 19.5 Å². The van der Waals surface area contributed by atoms with Crippen LogP contribution in [0.15, 0.2) is 24.5 Å². The Kier molecular flexibility index (Phi) is 5.35. The summed E-state index contributed by atoms with van der Waals surface area (Å²) < 4.78 is 15.8. The Morgan fingerprint density at radius 2 is 1.96 bits per heavy atom. The number of benzene rings is 1. The number of nitro groups is 1. The first kappa shape index (κ1) is 17.3. The first-order valence-corrected chi connectivity index (χ1v) is 7.11. The van der Waals surface area contributed by atoms with E-state index >= 15 is 0 Å². The highest BCUT2D eigenvalue weighted by Gasteiger charge is 2.26. The Balaban J connectivity index is 2.44. The minimum absolute atomic E-state index is 0.00844. The standard InChI is InChI=1S/C15H18N4O5/c1-9(2)24-15-13(19(20)21)14(16-8-17-15)18-11-6-5-10(22-3)7-12(11)23-4/h5-9H,1-4H3,(H,16,17,18). The van der Waals surface area contributed by atoms with Crippen LogP contribution in [0.3, 0.4) is 0 Å². The molecule has 0 unspecified atom stereocenters. The minimum atomic E-state index is -0.587. The predicted molar refractivity (Wildman–Crippen MR) is 87.3 cm³/mol. The predicted octanol–water partition coefficient (Wildman–Crippen LogP) is 2.93. The lowest BCUT2D eigenvalue weighted by atomic mass is 10.2. The molecule has 1 heterocycles. The van der Waals surface area contributed by atoms with Crippen LogP contribution >= 0.6 is 0 Å². The fourth-order valence-corrected chi connectivity index (χ4v) is 1.96. The summed E-state index contributed by atoms with van der Waals surface area (Å²) in [5.41, 5.74) is 0.152. The molecule has 9 heteroatoms. The molecule has 0 atom stereocenters. The zero-order valence-corrected chi connectivity index (χ0v) is 13.8. The summed E-state index contributed by atoms with van der Waals surface area (Å²) in [5, 5.41) is 14.3. The molecule has 0 aliphatic heterocycles. The van der Waals surface area contributed by atoms with Crippen molar-refractivity contribution in [3.05, 3.63) is 34.6 Å². The van der Waals surface area contributed by atoms with Gasteiger partial charge in [-0.25, -0.2) is 4.98 Å². The van der Waals surface area contributed by atoms with Gasteiger partial charge in [0.25, 0.3) is 5.88 Å². The van der Waals surface area contributed by atoms with Crippen LogP contribution in [0.2, 0.25) is 0 Å². The SMILES string of the molecule is COc1ccc(Nc2ncnc(OC(C)C)c2[N+](=O)[O-])c(OC)c1. The molecule has 128 valence electrons. The third kappa shape index (κ3) is 3.80. The molecule has 0 aliphatic carbocycles. The molecule has 0 saturated carbocycles. The van der Waals surface area contributed by atoms with Crippen LogP contribution in [0.4, 0.5) is 17.2 Å². The van der Waals surface area contributed by atoms with Crippen LogP contribution in [0.25, 0.3) is 0 Å². The van der Waals surface area contributed by atoms with E-state index < -0.39 is 4.92 Å². The number of nitrogens with one attached hydrogen (secondary N) is 1. The number of methoxy groups -OCH3 is 2. The van der Waals surface area contributed by atoms with Gasteiger partial charge < -0.3 is 19.5 Å². The minimum Gasteiger partial charge on any atom is -0.497 e. The van der Waals surface area contributed by atoms with Crippen molar-refractivity contribution in [3.8, 4) is 17.4 Å². The quantitative estimate of drug-likeness (QED) is 0.608. The van der Waals surface area contributed by atoms with Crippen molar-refractivity contribution in [2.45, 2.75) is 20.0 Å². The van der Waals surface area contributed by atoms with Crippen LogP contribution in [0.1, 0.15) is 13.8 Å². The lowest BCUT2D eigenvalue weighted by Gasteiger charge is -2.13. The normalized spacial score (nSPS) is 10.4. The average Bonchev–Trinajstić information content (AvgIpc) is 2.54. The summed E-state index contributed by atoms with van der Waals surface area (Å²) in [7, 11) is 3.02. The summed E-state index contributed by atoms with van der Waals surface area (Å²) in [6.45, 7) is 3.51. The summed E-state index contributed by atoms with van der Waals surface area (Å²) in [5.74, 6) is 0.959. The fraction of sp³-hybridized carbons (Fsp3) is 0.333. The van der Waals surface area contributed by atoms with Crippen LogP contribution in [-0.4, -0.2) is 35.2 Å². The lowest BCUT2D eigenvalue weighted by Crippen LogP contribution is -2.11. The zero-order valence-electron chi connectivity index (χ0n) is 13.8. The zero-order chi connectivity index (χ0) is 17.7. The first-order valence-electron chi connectivity index (χ1n) is 7.11. The number of ether oxygens (including phenoxy) is 3. The molecule has 24 heavy (non-hydrogen) atoms. The van der Waals surface area contributed by atoms with Crippen molar-refractivity contribution < 1.29 is 19.1 Å². The Hall–Kier alpha value is -3.10. The summed E-state index contributed by atoms with van der Waals surface area (Å²) in [4.78, 5) is 18.6. The molecule has 0 amide bonds. The topological polar surface area (TPSA) is 109 Å². The molecule has 0 fully saturated rings. The van der Waals surface area contributed by atoms with Gasteiger partial charge in [-0.2, -0.15) is 4.98 Å². The number of anilines is 2. The summed E-state index contributed by atoms with van der Waals surface area (Å²) in [6, 6.07) is 5.02. The molecule has 1 aromatic carbocycles. The maximum Gasteiger partial charge on any atom is 0.373 e. The average molecular weight is 334 g/mol. The molecule has 0 saturated heterocycles. The van der Waals surface area contributed by atoms with E-state index in [-0.39, 0.29) is 23.5 Å². The molecular weight excluding hydrogens is 316 g/mol. The first-order chi connectivity index (χ1) is 11.5. The van der Waals surface area contributed by atoms with Gasteiger partial charge in [-0.1, -0.05) is 0 Å². The van der Waals surface area contributed by atoms with E-state index in [0.29, 0.717) is 17.2 Å². The molecule has 0 bridgehead atoms. The van der Waals surface area contributed by atoms with Gasteiger partial charge in [-0.05, 0) is 26.0 Å². The molecule has 0 spiro atoms. The second-order valence-corrected chi connectivity index (χ2v) is 4.99. The van der Waals surface area contributed by atoms with E-state index in [9.17, 15) is 10.1 Å². The highest BCUT2D eigenvalue weighted by Crippen LogP contribution is 2.36. The van der Waals surface area contributed by atoms with Crippen LogP contribution < -0.4 is 19.5 Å². The number of nitrogens with zero attached hydrogens (tertiary/aromatic N) is 3. The molecule has 0 aliphatic rings. The van der Waals surface area contributed by atoms with Crippen LogP contribution in [-0.2, 0) is 0 Å². The fourth-order valence-electron chi connectivity index (χ4n) is 1.96. The van der Waals surface area contributed by atoms with E-state index in [2.05, 4.69) is 15.3 Å². The maximum atomic E-state index is 11.4. The Morgan fingerprint density at radius 3 is 2.54 bits per heavy atom. The van der Waals surface area contributed by atoms with Gasteiger partial charge in [0.2, 0.25) is 5.82 Å². The van der Waals surface area contributed by atoms with Gasteiger partial charge in [-0.15, -0.1) is 0 Å². The number of rotatable bonds is 7. The highest BCUT2D eigenvalue weighted by atomic mass is 16.6. The van der Waals surface area contributed by atoms with E-state index in [0.717, 1.165) is 0 Å². The van der Waals surface area contributed by atoms with Gasteiger partial charge >= 0.3 is 5.69 Å². The van der Waals surface area contributed by atoms with Gasteiger partial charge in [0, 0.05) is 6.07 Å². The van der Waals surface area contributed by atoms with Crippen molar-refractivity contribution in [1.29, 1.82) is 0 Å². The lowest BCUT2D eigenvalue weighted by molar-refractivity contribution is -0.385. The monoisotopic (exact) mass is 334 g/mol. The third-order valence-electron chi connectivity index (χ3n) is 2.98. The van der Waals surface area contributed by atoms with Gasteiger partial charge in [0.05, 0.1) is 30.9 Å². The van der Waals surface area contributed by atoms with Gasteiger partial charge in [-0.3, -0.25) is 10.1 Å². The second kappa shape index (κ2) is 7.44. The molecule has 2 aromatic rings. The van der Waals surface area contributed by atoms with Crippen molar-refractivity contribution in [3.63, 3.8) is 0 Å². The molecule has 2 rings (SSSR count). The number of hydrogen-bond donors (Lipinski definition) is 1. The second-order valence-electron chi connectivity index (χ2n) is 4.99. The van der Waals surface area contributed by atoms with E-state index in [1.807, 2.05) is 0 Å². The van der Waals surface area contributed by atoms with E-state index in [1.165, 1.54) is 20.5 Å².